The first-order valence-electron chi connectivity index (χ1n) is 7.28. The van der Waals surface area contributed by atoms with Crippen molar-refractivity contribution in [1.82, 2.24) is 5.32 Å². The standard InChI is InChI=1S/C16H20N2O2/c17-11-16(18-13-4-5-13)7-6-15(9-16)20-14-3-1-2-12(8-14)10-19/h1-3,8,13,15,18-19H,4-7,9-10H2. The molecule has 2 atom stereocenters. The van der Waals surface area contributed by atoms with Crippen LogP contribution in [-0.2, 0) is 6.61 Å². The lowest BCUT2D eigenvalue weighted by atomic mass is 9.99. The number of hydrogen-bond acceptors (Lipinski definition) is 4. The molecule has 0 saturated heterocycles. The van der Waals surface area contributed by atoms with Crippen LogP contribution < -0.4 is 10.1 Å². The van der Waals surface area contributed by atoms with Gasteiger partial charge in [0, 0.05) is 12.5 Å². The molecular weight excluding hydrogens is 252 g/mol. The van der Waals surface area contributed by atoms with Crippen molar-refractivity contribution in [2.24, 2.45) is 0 Å². The summed E-state index contributed by atoms with van der Waals surface area (Å²) < 4.78 is 5.97. The summed E-state index contributed by atoms with van der Waals surface area (Å²) in [6.07, 6.45) is 4.94. The van der Waals surface area contributed by atoms with E-state index in [1.54, 1.807) is 0 Å². The van der Waals surface area contributed by atoms with Gasteiger partial charge in [0.2, 0.25) is 0 Å². The molecule has 3 rings (SSSR count). The molecule has 2 unspecified atom stereocenters. The topological polar surface area (TPSA) is 65.3 Å². The second kappa shape index (κ2) is 5.43. The number of rotatable bonds is 5. The SMILES string of the molecule is N#CC1(NC2CC2)CCC(Oc2cccc(CO)c2)C1. The largest absolute Gasteiger partial charge is 0.490 e. The Morgan fingerprint density at radius 1 is 1.40 bits per heavy atom. The quantitative estimate of drug-likeness (QED) is 0.861. The summed E-state index contributed by atoms with van der Waals surface area (Å²) >= 11 is 0. The molecule has 0 amide bonds. The number of aliphatic hydroxyl groups excluding tert-OH is 1. The van der Waals surface area contributed by atoms with Crippen LogP contribution in [0.25, 0.3) is 0 Å². The van der Waals surface area contributed by atoms with E-state index in [1.807, 2.05) is 24.3 Å². The fourth-order valence-electron chi connectivity index (χ4n) is 2.89. The van der Waals surface area contributed by atoms with E-state index < -0.39 is 5.54 Å². The number of nitrogens with one attached hydrogen (secondary N) is 1. The van der Waals surface area contributed by atoms with Gasteiger partial charge in [-0.3, -0.25) is 5.32 Å². The van der Waals surface area contributed by atoms with Crippen LogP contribution in [0.5, 0.6) is 5.75 Å². The highest BCUT2D eigenvalue weighted by atomic mass is 16.5. The van der Waals surface area contributed by atoms with E-state index in [-0.39, 0.29) is 12.7 Å². The average molecular weight is 272 g/mol. The van der Waals surface area contributed by atoms with Gasteiger partial charge < -0.3 is 9.84 Å². The zero-order chi connectivity index (χ0) is 14.0. The van der Waals surface area contributed by atoms with Crippen LogP contribution in [0, 0.1) is 11.3 Å². The third-order valence-electron chi connectivity index (χ3n) is 4.12. The van der Waals surface area contributed by atoms with Gasteiger partial charge in [-0.1, -0.05) is 12.1 Å². The summed E-state index contributed by atoms with van der Waals surface area (Å²) in [5.41, 5.74) is 0.448. The Kier molecular flexibility index (Phi) is 3.64. The van der Waals surface area contributed by atoms with Crippen molar-refractivity contribution in [3.8, 4) is 11.8 Å². The van der Waals surface area contributed by atoms with Crippen molar-refractivity contribution in [3.63, 3.8) is 0 Å². The summed E-state index contributed by atoms with van der Waals surface area (Å²) in [6.45, 7) is 0.0211. The molecular formula is C16H20N2O2. The molecule has 2 aliphatic carbocycles. The zero-order valence-electron chi connectivity index (χ0n) is 11.5. The first-order chi connectivity index (χ1) is 9.73. The smallest absolute Gasteiger partial charge is 0.120 e. The van der Waals surface area contributed by atoms with Crippen LogP contribution in [-0.4, -0.2) is 22.8 Å². The Balaban J connectivity index is 1.63. The third-order valence-corrected chi connectivity index (χ3v) is 4.12. The molecule has 1 aromatic rings. The minimum atomic E-state index is -0.402. The lowest BCUT2D eigenvalue weighted by molar-refractivity contribution is 0.199. The van der Waals surface area contributed by atoms with Gasteiger partial charge >= 0.3 is 0 Å². The Labute approximate surface area is 119 Å². The monoisotopic (exact) mass is 272 g/mol. The second-order valence-electron chi connectivity index (χ2n) is 5.90. The van der Waals surface area contributed by atoms with Crippen molar-refractivity contribution in [2.45, 2.75) is 56.4 Å². The van der Waals surface area contributed by atoms with E-state index in [0.29, 0.717) is 6.04 Å². The summed E-state index contributed by atoms with van der Waals surface area (Å²) in [5, 5.41) is 22.1. The summed E-state index contributed by atoms with van der Waals surface area (Å²) in [5.74, 6) is 0.779. The minimum Gasteiger partial charge on any atom is -0.490 e. The first-order valence-corrected chi connectivity index (χ1v) is 7.28. The Hall–Kier alpha value is -1.57. The first kappa shape index (κ1) is 13.4. The molecule has 2 aliphatic rings. The van der Waals surface area contributed by atoms with Crippen molar-refractivity contribution < 1.29 is 9.84 Å². The van der Waals surface area contributed by atoms with Crippen LogP contribution in [0.15, 0.2) is 24.3 Å². The van der Waals surface area contributed by atoms with Gasteiger partial charge in [-0.05, 0) is 43.4 Å². The normalized spacial score (nSPS) is 29.1. The number of nitriles is 1. The predicted molar refractivity (Wildman–Crippen MR) is 75.1 cm³/mol. The van der Waals surface area contributed by atoms with Gasteiger partial charge in [-0.25, -0.2) is 0 Å². The van der Waals surface area contributed by atoms with Crippen molar-refractivity contribution in [3.05, 3.63) is 29.8 Å². The average Bonchev–Trinajstić information content (AvgIpc) is 3.19. The highest BCUT2D eigenvalue weighted by Crippen LogP contribution is 2.35. The summed E-state index contributed by atoms with van der Waals surface area (Å²) in [6, 6.07) is 10.5. The molecule has 0 spiro atoms. The van der Waals surface area contributed by atoms with Gasteiger partial charge in [0.25, 0.3) is 0 Å². The van der Waals surface area contributed by atoms with Gasteiger partial charge in [0.1, 0.15) is 17.4 Å². The van der Waals surface area contributed by atoms with Gasteiger partial charge in [0.05, 0.1) is 12.7 Å². The number of hydrogen-bond donors (Lipinski definition) is 2. The van der Waals surface area contributed by atoms with Crippen molar-refractivity contribution in [1.29, 1.82) is 5.26 Å². The zero-order valence-corrected chi connectivity index (χ0v) is 11.5. The van der Waals surface area contributed by atoms with Gasteiger partial charge in [-0.15, -0.1) is 0 Å². The molecule has 2 fully saturated rings. The maximum atomic E-state index is 9.46. The van der Waals surface area contributed by atoms with Crippen LogP contribution in [0.1, 0.15) is 37.7 Å². The van der Waals surface area contributed by atoms with E-state index in [0.717, 1.165) is 30.6 Å². The highest BCUT2D eigenvalue weighted by Gasteiger charge is 2.43. The third kappa shape index (κ3) is 2.95. The number of ether oxygens (including phenoxy) is 1. The van der Waals surface area contributed by atoms with Crippen molar-refractivity contribution in [2.75, 3.05) is 0 Å². The number of nitrogens with zero attached hydrogens (tertiary/aromatic N) is 1. The Morgan fingerprint density at radius 3 is 2.95 bits per heavy atom. The lowest BCUT2D eigenvalue weighted by Crippen LogP contribution is -2.43. The summed E-state index contributed by atoms with van der Waals surface area (Å²) in [4.78, 5) is 0. The van der Waals surface area contributed by atoms with Crippen LogP contribution in [0.3, 0.4) is 0 Å². The second-order valence-corrected chi connectivity index (χ2v) is 5.90. The van der Waals surface area contributed by atoms with Crippen molar-refractivity contribution >= 4 is 0 Å². The van der Waals surface area contributed by atoms with Crippen LogP contribution >= 0.6 is 0 Å². The molecule has 1 aromatic carbocycles. The van der Waals surface area contributed by atoms with Crippen LogP contribution in [0.2, 0.25) is 0 Å². The maximum absolute atomic E-state index is 9.46. The molecule has 106 valence electrons. The fourth-order valence-corrected chi connectivity index (χ4v) is 2.89. The molecule has 20 heavy (non-hydrogen) atoms. The molecule has 0 aromatic heterocycles. The molecule has 0 radical (unpaired) electrons. The minimum absolute atomic E-state index is 0.0211. The number of aliphatic hydroxyl groups is 1. The molecule has 0 aliphatic heterocycles. The van der Waals surface area contributed by atoms with Gasteiger partial charge in [0.15, 0.2) is 0 Å². The van der Waals surface area contributed by atoms with E-state index in [9.17, 15) is 5.26 Å². The van der Waals surface area contributed by atoms with E-state index in [2.05, 4.69) is 11.4 Å². The van der Waals surface area contributed by atoms with E-state index >= 15 is 0 Å². The summed E-state index contributed by atoms with van der Waals surface area (Å²) in [7, 11) is 0. The van der Waals surface area contributed by atoms with E-state index in [4.69, 9.17) is 9.84 Å². The molecule has 4 heteroatoms. The number of benzene rings is 1. The van der Waals surface area contributed by atoms with Gasteiger partial charge in [-0.2, -0.15) is 5.26 Å². The molecule has 0 bridgehead atoms. The molecule has 2 N–H and O–H groups in total. The van der Waals surface area contributed by atoms with Crippen LogP contribution in [0.4, 0.5) is 0 Å². The maximum Gasteiger partial charge on any atom is 0.120 e. The highest BCUT2D eigenvalue weighted by molar-refractivity contribution is 5.28. The fraction of sp³-hybridized carbons (Fsp3) is 0.562. The Morgan fingerprint density at radius 2 is 2.25 bits per heavy atom. The molecule has 2 saturated carbocycles. The predicted octanol–water partition coefficient (Wildman–Crippen LogP) is 2.12. The van der Waals surface area contributed by atoms with E-state index in [1.165, 1.54) is 12.8 Å². The molecule has 0 heterocycles. The molecule has 4 nitrogen and oxygen atoms in total. The Bertz CT molecular complexity index is 521. The lowest BCUT2D eigenvalue weighted by Gasteiger charge is -2.22.